The summed E-state index contributed by atoms with van der Waals surface area (Å²) >= 11 is 0. The fourth-order valence-electron chi connectivity index (χ4n) is 0. The molecule has 0 saturated carbocycles. The maximum absolute atomic E-state index is 8.48. The van der Waals surface area contributed by atoms with E-state index in [4.69, 9.17) is 43.1 Å². The Hall–Kier alpha value is 1.31. The molecule has 2 radical (unpaired) electrons. The molecule has 0 unspecified atom stereocenters. The van der Waals surface area contributed by atoms with Crippen molar-refractivity contribution in [2.24, 2.45) is 0 Å². The molecule has 0 aliphatic carbocycles. The monoisotopic (exact) mass is 441 g/mol. The normalized spacial score (nSPS) is 5.57. The summed E-state index contributed by atoms with van der Waals surface area (Å²) in [6, 6.07) is 0. The Kier molecular flexibility index (Phi) is 50.2. The minimum Gasteiger partial charge on any atom is -0.598 e. The van der Waals surface area contributed by atoms with Crippen molar-refractivity contribution in [1.82, 2.24) is 0 Å². The average molecular weight is 439 g/mol. The Morgan fingerprint density at radius 3 is 0.500 bits per heavy atom. The van der Waals surface area contributed by atoms with E-state index < -0.39 is 24.8 Å². The van der Waals surface area contributed by atoms with Crippen molar-refractivity contribution in [3.05, 3.63) is 0 Å². The quantitative estimate of drug-likeness (QED) is 0.263. The molecule has 0 amide bonds. The zero-order valence-corrected chi connectivity index (χ0v) is 11.9. The Labute approximate surface area is 107 Å². The molecule has 0 bridgehead atoms. The van der Waals surface area contributed by atoms with E-state index in [0.29, 0.717) is 0 Å². The Morgan fingerprint density at radius 1 is 0.500 bits per heavy atom. The van der Waals surface area contributed by atoms with Gasteiger partial charge in [-0.3, -0.25) is 0 Å². The first-order chi connectivity index (χ1) is 5.20. The molecule has 0 N–H and O–H groups in total. The molecule has 0 rings (SSSR count). The summed E-state index contributed by atoms with van der Waals surface area (Å²) in [6.45, 7) is 0. The van der Waals surface area contributed by atoms with Gasteiger partial charge in [0.15, 0.2) is 0 Å². The molecule has 14 heteroatoms. The topological polar surface area (TPSA) is 190 Å². The van der Waals surface area contributed by atoms with Crippen LogP contribution in [0.2, 0.25) is 0 Å². The van der Waals surface area contributed by atoms with Gasteiger partial charge in [-0.25, -0.2) is 0 Å². The minimum absolute atomic E-state index is 0. The van der Waals surface area contributed by atoms with Crippen LogP contribution >= 0.6 is 24.8 Å². The first-order valence-corrected chi connectivity index (χ1v) is 4.93. The number of hydrogen-bond acceptors (Lipinski definition) is 9. The van der Waals surface area contributed by atoms with E-state index >= 15 is 0 Å². The fraction of sp³-hybridized carbons (Fsp3) is 0. The number of hydrogen-bond donors (Lipinski definition) is 0. The Balaban J connectivity index is -0.0000000270. The van der Waals surface area contributed by atoms with Gasteiger partial charge in [0.2, 0.25) is 0 Å². The third kappa shape index (κ3) is 1180. The Morgan fingerprint density at radius 2 is 0.500 bits per heavy atom. The van der Waals surface area contributed by atoms with Crippen LogP contribution in [0, 0.1) is 0 Å². The zero-order valence-electron chi connectivity index (χ0n) is 5.72. The van der Waals surface area contributed by atoms with Crippen LogP contribution in [-0.4, -0.2) is 0 Å². The maximum Gasteiger partial charge on any atom is 3.00 e. The van der Waals surface area contributed by atoms with Crippen molar-refractivity contribution in [3.8, 4) is 0 Å². The SMILES string of the molecule is O=[P+]([O-])[O-].O=[P+]([O-])[O-].O=[P+]([O-])[O-].[Ru+3].[Ru+3]. The fourth-order valence-corrected chi connectivity index (χ4v) is 0. The van der Waals surface area contributed by atoms with Crippen LogP contribution in [0.5, 0.6) is 0 Å². The van der Waals surface area contributed by atoms with Crippen LogP contribution in [0.15, 0.2) is 0 Å². The molecule has 82 valence electrons. The van der Waals surface area contributed by atoms with E-state index in [-0.39, 0.29) is 39.0 Å². The predicted octanol–water partition coefficient (Wildman–Crippen LogP) is -4.91. The largest absolute Gasteiger partial charge is 3.00 e. The summed E-state index contributed by atoms with van der Waals surface area (Å²) in [5, 5.41) is 0. The molecule has 0 aliphatic rings. The van der Waals surface area contributed by atoms with Gasteiger partial charge in [0, 0.05) is 0 Å². The van der Waals surface area contributed by atoms with Gasteiger partial charge in [-0.05, 0) is 0 Å². The molecule has 0 heterocycles. The van der Waals surface area contributed by atoms with Gasteiger partial charge in [-0.2, -0.15) is 0 Å². The van der Waals surface area contributed by atoms with Crippen LogP contribution in [-0.2, 0) is 52.7 Å². The van der Waals surface area contributed by atoms with E-state index in [2.05, 4.69) is 0 Å². The van der Waals surface area contributed by atoms with Gasteiger partial charge in [-0.1, -0.05) is 13.7 Å². The smallest absolute Gasteiger partial charge is 0.598 e. The van der Waals surface area contributed by atoms with Crippen molar-refractivity contribution in [2.45, 2.75) is 0 Å². The molecule has 0 aromatic heterocycles. The molecule has 0 aromatic carbocycles. The molecule has 9 nitrogen and oxygen atoms in total. The zero-order chi connectivity index (χ0) is 10.7. The van der Waals surface area contributed by atoms with E-state index in [1.807, 2.05) is 0 Å². The van der Waals surface area contributed by atoms with Crippen molar-refractivity contribution in [2.75, 3.05) is 0 Å². The van der Waals surface area contributed by atoms with E-state index in [0.717, 1.165) is 0 Å². The molecule has 14 heavy (non-hydrogen) atoms. The molecular weight excluding hydrogens is 439 g/mol. The standard InChI is InChI=1S/3HO3P.2Ru/c3*1-4(2)3;;/h3*(H,1,2,3);;/q;;;2*+3/p-3. The average Bonchev–Trinajstić information content (AvgIpc) is 1.54. The predicted molar refractivity (Wildman–Crippen MR) is 22.8 cm³/mol. The molecular formula is O9P3Ru2+3. The first-order valence-electron chi connectivity index (χ1n) is 1.64. The second-order valence-corrected chi connectivity index (χ2v) is 2.01. The van der Waals surface area contributed by atoms with E-state index in [1.54, 1.807) is 0 Å². The molecule has 0 saturated heterocycles. The molecule has 0 aromatic rings. The van der Waals surface area contributed by atoms with Crippen LogP contribution in [0.3, 0.4) is 0 Å². The minimum atomic E-state index is -3.37. The first kappa shape index (κ1) is 29.5. The van der Waals surface area contributed by atoms with Crippen LogP contribution < -0.4 is 29.4 Å². The molecule has 0 aliphatic heterocycles. The Bertz CT molecular complexity index is 116. The van der Waals surface area contributed by atoms with Crippen molar-refractivity contribution < 1.29 is 82.0 Å². The summed E-state index contributed by atoms with van der Waals surface area (Å²) in [6.07, 6.45) is 0. The summed E-state index contributed by atoms with van der Waals surface area (Å²) in [5.74, 6) is 0. The van der Waals surface area contributed by atoms with E-state index in [9.17, 15) is 0 Å². The van der Waals surface area contributed by atoms with Crippen LogP contribution in [0.25, 0.3) is 0 Å². The van der Waals surface area contributed by atoms with Gasteiger partial charge in [0.25, 0.3) is 24.8 Å². The summed E-state index contributed by atoms with van der Waals surface area (Å²) in [5.41, 5.74) is 0. The van der Waals surface area contributed by atoms with Crippen LogP contribution in [0.4, 0.5) is 0 Å². The summed E-state index contributed by atoms with van der Waals surface area (Å²) in [4.78, 5) is 50.9. The van der Waals surface area contributed by atoms with Crippen molar-refractivity contribution in [1.29, 1.82) is 0 Å². The molecule has 0 atom stereocenters. The van der Waals surface area contributed by atoms with Crippen molar-refractivity contribution in [3.63, 3.8) is 0 Å². The molecule has 0 spiro atoms. The second kappa shape index (κ2) is 23.8. The van der Waals surface area contributed by atoms with Crippen LogP contribution in [0.1, 0.15) is 0 Å². The van der Waals surface area contributed by atoms with E-state index in [1.165, 1.54) is 0 Å². The van der Waals surface area contributed by atoms with Gasteiger partial charge < -0.3 is 29.4 Å². The van der Waals surface area contributed by atoms with Gasteiger partial charge in [-0.15, -0.1) is 0 Å². The maximum atomic E-state index is 8.48. The second-order valence-electron chi connectivity index (χ2n) is 0.671. The van der Waals surface area contributed by atoms with Gasteiger partial charge in [0.1, 0.15) is 0 Å². The number of rotatable bonds is 0. The summed E-state index contributed by atoms with van der Waals surface area (Å²) < 4.78 is 25.4. The third-order valence-electron chi connectivity index (χ3n) is 0. The molecule has 0 fully saturated rings. The van der Waals surface area contributed by atoms with Gasteiger partial charge >= 0.3 is 39.0 Å². The summed E-state index contributed by atoms with van der Waals surface area (Å²) in [7, 11) is -10.1. The third-order valence-corrected chi connectivity index (χ3v) is 0. The van der Waals surface area contributed by atoms with Gasteiger partial charge in [0.05, 0.1) is 0 Å². The van der Waals surface area contributed by atoms with Crippen molar-refractivity contribution >= 4 is 24.8 Å².